The van der Waals surface area contributed by atoms with Crippen molar-refractivity contribution in [3.05, 3.63) is 53.7 Å². The molecule has 27 heavy (non-hydrogen) atoms. The summed E-state index contributed by atoms with van der Waals surface area (Å²) < 4.78 is 10.6. The van der Waals surface area contributed by atoms with Gasteiger partial charge in [-0.2, -0.15) is 0 Å². The van der Waals surface area contributed by atoms with Crippen LogP contribution in [0.3, 0.4) is 0 Å². The van der Waals surface area contributed by atoms with E-state index in [4.69, 9.17) is 9.47 Å². The predicted molar refractivity (Wildman–Crippen MR) is 99.3 cm³/mol. The largest absolute Gasteiger partial charge is 0.454 e. The molecule has 1 fully saturated rings. The molecule has 2 amide bonds. The van der Waals surface area contributed by atoms with Crippen LogP contribution in [0.25, 0.3) is 6.08 Å². The molecule has 3 heterocycles. The SMILES string of the molecule is O=C(C=Cc1ccc2c(c1)OCO2)NCc1ccnc(N2CCCC2=O)c1. The van der Waals surface area contributed by atoms with Crippen molar-refractivity contribution in [1.82, 2.24) is 10.3 Å². The lowest BCUT2D eigenvalue weighted by Gasteiger charge is -2.15. The zero-order valence-electron chi connectivity index (χ0n) is 14.7. The molecule has 1 saturated heterocycles. The van der Waals surface area contributed by atoms with E-state index in [9.17, 15) is 9.59 Å². The number of nitrogens with one attached hydrogen (secondary N) is 1. The third-order valence-corrected chi connectivity index (χ3v) is 4.45. The van der Waals surface area contributed by atoms with Crippen molar-refractivity contribution < 1.29 is 19.1 Å². The van der Waals surface area contributed by atoms with E-state index in [1.807, 2.05) is 30.3 Å². The van der Waals surface area contributed by atoms with Crippen LogP contribution in [-0.2, 0) is 16.1 Å². The van der Waals surface area contributed by atoms with Crippen LogP contribution in [0.4, 0.5) is 5.82 Å². The molecule has 0 aliphatic carbocycles. The highest BCUT2D eigenvalue weighted by Gasteiger charge is 2.22. The van der Waals surface area contributed by atoms with E-state index in [1.54, 1.807) is 17.2 Å². The molecule has 7 nitrogen and oxygen atoms in total. The maximum Gasteiger partial charge on any atom is 0.244 e. The topological polar surface area (TPSA) is 80.8 Å². The summed E-state index contributed by atoms with van der Waals surface area (Å²) >= 11 is 0. The Balaban J connectivity index is 1.34. The lowest BCUT2D eigenvalue weighted by Crippen LogP contribution is -2.25. The van der Waals surface area contributed by atoms with Gasteiger partial charge in [0.05, 0.1) is 0 Å². The number of ether oxygens (including phenoxy) is 2. The summed E-state index contributed by atoms with van der Waals surface area (Å²) in [6.07, 6.45) is 6.27. The number of amides is 2. The van der Waals surface area contributed by atoms with Crippen LogP contribution in [0.5, 0.6) is 11.5 Å². The van der Waals surface area contributed by atoms with Crippen molar-refractivity contribution in [2.24, 2.45) is 0 Å². The van der Waals surface area contributed by atoms with Gasteiger partial charge in [-0.25, -0.2) is 4.98 Å². The Bertz CT molecular complexity index is 910. The molecule has 1 N–H and O–H groups in total. The van der Waals surface area contributed by atoms with Gasteiger partial charge in [0.25, 0.3) is 0 Å². The van der Waals surface area contributed by atoms with Crippen molar-refractivity contribution in [2.45, 2.75) is 19.4 Å². The van der Waals surface area contributed by atoms with Crippen molar-refractivity contribution in [3.8, 4) is 11.5 Å². The zero-order valence-corrected chi connectivity index (χ0v) is 14.7. The number of pyridine rings is 1. The monoisotopic (exact) mass is 365 g/mol. The van der Waals surface area contributed by atoms with Gasteiger partial charge in [-0.05, 0) is 47.9 Å². The second-order valence-corrected chi connectivity index (χ2v) is 6.34. The highest BCUT2D eigenvalue weighted by molar-refractivity contribution is 5.94. The van der Waals surface area contributed by atoms with Gasteiger partial charge in [0, 0.05) is 31.8 Å². The van der Waals surface area contributed by atoms with Gasteiger partial charge in [-0.1, -0.05) is 6.07 Å². The molecule has 0 saturated carbocycles. The Morgan fingerprint density at radius 3 is 2.96 bits per heavy atom. The standard InChI is InChI=1S/C20H19N3O4/c24-19(6-4-14-3-5-16-17(10-14)27-13-26-16)22-12-15-7-8-21-18(11-15)23-9-1-2-20(23)25/h3-8,10-11H,1-2,9,12-13H2,(H,22,24). The quantitative estimate of drug-likeness (QED) is 0.822. The second kappa shape index (κ2) is 7.49. The van der Waals surface area contributed by atoms with Crippen LogP contribution in [0.2, 0.25) is 0 Å². The summed E-state index contributed by atoms with van der Waals surface area (Å²) in [7, 11) is 0. The molecular formula is C20H19N3O4. The zero-order chi connectivity index (χ0) is 18.6. The highest BCUT2D eigenvalue weighted by Crippen LogP contribution is 2.32. The molecule has 0 atom stereocenters. The maximum absolute atomic E-state index is 12.1. The fraction of sp³-hybridized carbons (Fsp3) is 0.250. The third kappa shape index (κ3) is 3.92. The van der Waals surface area contributed by atoms with E-state index in [-0.39, 0.29) is 18.6 Å². The normalized spacial score (nSPS) is 15.6. The van der Waals surface area contributed by atoms with Gasteiger partial charge in [-0.3, -0.25) is 14.5 Å². The Morgan fingerprint density at radius 1 is 1.22 bits per heavy atom. The molecular weight excluding hydrogens is 346 g/mol. The minimum Gasteiger partial charge on any atom is -0.454 e. The molecule has 2 aromatic rings. The molecule has 4 rings (SSSR count). The first-order chi connectivity index (χ1) is 13.2. The van der Waals surface area contributed by atoms with Crippen LogP contribution in [0, 0.1) is 0 Å². The summed E-state index contributed by atoms with van der Waals surface area (Å²) in [5.74, 6) is 1.92. The molecule has 0 bridgehead atoms. The fourth-order valence-corrected chi connectivity index (χ4v) is 3.05. The van der Waals surface area contributed by atoms with Crippen molar-refractivity contribution in [1.29, 1.82) is 0 Å². The fourth-order valence-electron chi connectivity index (χ4n) is 3.05. The number of fused-ring (bicyclic) bond motifs is 1. The first kappa shape index (κ1) is 17.1. The Labute approximate surface area is 156 Å². The van der Waals surface area contributed by atoms with E-state index in [1.165, 1.54) is 6.08 Å². The maximum atomic E-state index is 12.1. The van der Waals surface area contributed by atoms with E-state index in [0.29, 0.717) is 36.8 Å². The summed E-state index contributed by atoms with van der Waals surface area (Å²) in [6.45, 7) is 1.28. The summed E-state index contributed by atoms with van der Waals surface area (Å²) in [5, 5.41) is 2.84. The predicted octanol–water partition coefficient (Wildman–Crippen LogP) is 2.27. The van der Waals surface area contributed by atoms with Gasteiger partial charge in [0.1, 0.15) is 5.82 Å². The molecule has 2 aliphatic heterocycles. The van der Waals surface area contributed by atoms with E-state index >= 15 is 0 Å². The second-order valence-electron chi connectivity index (χ2n) is 6.34. The number of anilines is 1. The number of nitrogens with zero attached hydrogens (tertiary/aromatic N) is 2. The van der Waals surface area contributed by atoms with E-state index < -0.39 is 0 Å². The Morgan fingerprint density at radius 2 is 2.11 bits per heavy atom. The summed E-state index contributed by atoms with van der Waals surface area (Å²) in [4.78, 5) is 29.9. The Hall–Kier alpha value is -3.35. The van der Waals surface area contributed by atoms with Gasteiger partial charge in [0.2, 0.25) is 18.6 Å². The number of rotatable bonds is 5. The van der Waals surface area contributed by atoms with Gasteiger partial charge in [0.15, 0.2) is 11.5 Å². The van der Waals surface area contributed by atoms with Gasteiger partial charge >= 0.3 is 0 Å². The summed E-state index contributed by atoms with van der Waals surface area (Å²) in [6, 6.07) is 9.17. The van der Waals surface area contributed by atoms with Gasteiger partial charge in [-0.15, -0.1) is 0 Å². The first-order valence-electron chi connectivity index (χ1n) is 8.80. The molecule has 0 spiro atoms. The molecule has 1 aromatic carbocycles. The van der Waals surface area contributed by atoms with Gasteiger partial charge < -0.3 is 14.8 Å². The average Bonchev–Trinajstić information content (AvgIpc) is 3.33. The number of benzene rings is 1. The number of hydrogen-bond donors (Lipinski definition) is 1. The van der Waals surface area contributed by atoms with Crippen LogP contribution >= 0.6 is 0 Å². The summed E-state index contributed by atoms with van der Waals surface area (Å²) in [5.41, 5.74) is 1.75. The van der Waals surface area contributed by atoms with Crippen LogP contribution in [-0.4, -0.2) is 30.1 Å². The van der Waals surface area contributed by atoms with Crippen LogP contribution < -0.4 is 19.7 Å². The van der Waals surface area contributed by atoms with Crippen molar-refractivity contribution in [2.75, 3.05) is 18.2 Å². The number of carbonyl (C=O) groups is 2. The molecule has 2 aliphatic rings. The third-order valence-electron chi connectivity index (χ3n) is 4.45. The number of carbonyl (C=O) groups excluding carboxylic acids is 2. The molecule has 7 heteroatoms. The first-order valence-corrected chi connectivity index (χ1v) is 8.80. The minimum atomic E-state index is -0.205. The molecule has 1 aromatic heterocycles. The lowest BCUT2D eigenvalue weighted by molar-refractivity contribution is -0.117. The smallest absolute Gasteiger partial charge is 0.244 e. The van der Waals surface area contributed by atoms with Crippen LogP contribution in [0.15, 0.2) is 42.6 Å². The average molecular weight is 365 g/mol. The number of aromatic nitrogens is 1. The molecule has 138 valence electrons. The Kier molecular flexibility index (Phi) is 4.74. The highest BCUT2D eigenvalue weighted by atomic mass is 16.7. The molecule has 0 radical (unpaired) electrons. The van der Waals surface area contributed by atoms with E-state index in [2.05, 4.69) is 10.3 Å². The van der Waals surface area contributed by atoms with Crippen molar-refractivity contribution >= 4 is 23.7 Å². The van der Waals surface area contributed by atoms with Crippen molar-refractivity contribution in [3.63, 3.8) is 0 Å². The van der Waals surface area contributed by atoms with Crippen LogP contribution in [0.1, 0.15) is 24.0 Å². The lowest BCUT2D eigenvalue weighted by atomic mass is 10.2. The minimum absolute atomic E-state index is 0.0929. The molecule has 0 unspecified atom stereocenters. The van der Waals surface area contributed by atoms with E-state index in [0.717, 1.165) is 17.5 Å². The number of hydrogen-bond acceptors (Lipinski definition) is 5.